The molecule has 7 heteroatoms. The lowest BCUT2D eigenvalue weighted by Gasteiger charge is -2.20. The lowest BCUT2D eigenvalue weighted by molar-refractivity contribution is 0.387. The van der Waals surface area contributed by atoms with E-state index in [0.29, 0.717) is 30.3 Å². The zero-order valence-electron chi connectivity index (χ0n) is 12.0. The molecule has 0 fully saturated rings. The Balaban J connectivity index is 2.57. The van der Waals surface area contributed by atoms with Crippen molar-refractivity contribution < 1.29 is 12.9 Å². The Morgan fingerprint density at radius 3 is 2.58 bits per heavy atom. The maximum atomic E-state index is 12.1. The molecule has 19 heavy (non-hydrogen) atoms. The number of hydrogen-bond donors (Lipinski definition) is 1. The fraction of sp³-hybridized carbons (Fsp3) is 0.750. The molecule has 0 aliphatic carbocycles. The normalized spacial score (nSPS) is 14.3. The van der Waals surface area contributed by atoms with Crippen LogP contribution in [0.15, 0.2) is 10.6 Å². The molecule has 6 nitrogen and oxygen atoms in total. The maximum Gasteiger partial charge on any atom is 0.219 e. The topological polar surface area (TPSA) is 89.4 Å². The third-order valence-corrected chi connectivity index (χ3v) is 4.91. The van der Waals surface area contributed by atoms with Crippen molar-refractivity contribution in [1.29, 1.82) is 0 Å². The summed E-state index contributed by atoms with van der Waals surface area (Å²) in [4.78, 5) is 0. The number of aromatic nitrogens is 1. The van der Waals surface area contributed by atoms with Gasteiger partial charge in [-0.2, -0.15) is 0 Å². The van der Waals surface area contributed by atoms with Crippen molar-refractivity contribution >= 4 is 10.0 Å². The summed E-state index contributed by atoms with van der Waals surface area (Å²) in [7, 11) is -1.80. The summed E-state index contributed by atoms with van der Waals surface area (Å²) in [6.45, 7) is 6.20. The molecule has 1 aromatic heterocycles. The highest BCUT2D eigenvalue weighted by molar-refractivity contribution is 7.88. The first-order valence-electron chi connectivity index (χ1n) is 6.34. The molecule has 110 valence electrons. The number of nitrogens with zero attached hydrogens (tertiary/aromatic N) is 2. The number of sulfonamides is 1. The van der Waals surface area contributed by atoms with Gasteiger partial charge >= 0.3 is 0 Å². The third kappa shape index (κ3) is 4.93. The Morgan fingerprint density at radius 1 is 1.47 bits per heavy atom. The van der Waals surface area contributed by atoms with E-state index in [9.17, 15) is 8.42 Å². The van der Waals surface area contributed by atoms with Gasteiger partial charge in [-0.15, -0.1) is 0 Å². The highest BCUT2D eigenvalue weighted by atomic mass is 32.2. The van der Waals surface area contributed by atoms with Gasteiger partial charge in [0.05, 0.1) is 0 Å². The molecular weight excluding hydrogens is 266 g/mol. The zero-order chi connectivity index (χ0) is 14.6. The second kappa shape index (κ2) is 6.49. The van der Waals surface area contributed by atoms with Crippen molar-refractivity contribution in [2.45, 2.75) is 39.0 Å². The van der Waals surface area contributed by atoms with Gasteiger partial charge in [-0.3, -0.25) is 0 Å². The molecular formula is C12H23N3O3S. The molecule has 1 aromatic rings. The van der Waals surface area contributed by atoms with E-state index >= 15 is 0 Å². The van der Waals surface area contributed by atoms with Crippen molar-refractivity contribution in [3.8, 4) is 0 Å². The maximum absolute atomic E-state index is 12.1. The standard InChI is InChI=1S/C12H23N3O3S/c1-9(2)12(13)5-6-15(4)19(16,17)8-11-7-10(3)18-14-11/h7,9,12H,5-6,8,13H2,1-4H3. The molecule has 1 rings (SSSR count). The van der Waals surface area contributed by atoms with Crippen LogP contribution in [-0.4, -0.2) is 37.5 Å². The summed E-state index contributed by atoms with van der Waals surface area (Å²) in [5, 5.41) is 3.70. The van der Waals surface area contributed by atoms with Crippen molar-refractivity contribution in [2.75, 3.05) is 13.6 Å². The lowest BCUT2D eigenvalue weighted by Crippen LogP contribution is -2.35. The van der Waals surface area contributed by atoms with E-state index in [0.717, 1.165) is 0 Å². The van der Waals surface area contributed by atoms with Gasteiger partial charge in [-0.25, -0.2) is 12.7 Å². The third-order valence-electron chi connectivity index (χ3n) is 3.12. The molecule has 0 aliphatic rings. The smallest absolute Gasteiger partial charge is 0.219 e. The van der Waals surface area contributed by atoms with Crippen LogP contribution in [0.2, 0.25) is 0 Å². The van der Waals surface area contributed by atoms with Gasteiger partial charge in [0, 0.05) is 25.7 Å². The predicted octanol–water partition coefficient (Wildman–Crippen LogP) is 1.12. The fourth-order valence-electron chi connectivity index (χ4n) is 1.59. The minimum Gasteiger partial charge on any atom is -0.361 e. The van der Waals surface area contributed by atoms with E-state index in [-0.39, 0.29) is 11.8 Å². The van der Waals surface area contributed by atoms with Crippen LogP contribution in [-0.2, 0) is 15.8 Å². The molecule has 0 aromatic carbocycles. The Bertz CT molecular complexity index is 496. The van der Waals surface area contributed by atoms with Gasteiger partial charge in [0.2, 0.25) is 10.0 Å². The van der Waals surface area contributed by atoms with Crippen LogP contribution in [0.25, 0.3) is 0 Å². The van der Waals surface area contributed by atoms with Gasteiger partial charge in [-0.1, -0.05) is 19.0 Å². The number of nitrogens with two attached hydrogens (primary N) is 1. The van der Waals surface area contributed by atoms with Crippen LogP contribution in [0.3, 0.4) is 0 Å². The van der Waals surface area contributed by atoms with E-state index in [2.05, 4.69) is 5.16 Å². The average molecular weight is 289 g/mol. The molecule has 0 radical (unpaired) electrons. The average Bonchev–Trinajstić information content (AvgIpc) is 2.69. The first kappa shape index (κ1) is 16.1. The summed E-state index contributed by atoms with van der Waals surface area (Å²) in [5.74, 6) is 0.807. The second-order valence-corrected chi connectivity index (χ2v) is 7.28. The van der Waals surface area contributed by atoms with E-state index in [1.54, 1.807) is 20.0 Å². The number of hydrogen-bond acceptors (Lipinski definition) is 5. The molecule has 0 bridgehead atoms. The summed E-state index contributed by atoms with van der Waals surface area (Å²) >= 11 is 0. The van der Waals surface area contributed by atoms with E-state index in [1.165, 1.54) is 4.31 Å². The van der Waals surface area contributed by atoms with Gasteiger partial charge in [0.1, 0.15) is 17.2 Å². The fourth-order valence-corrected chi connectivity index (χ4v) is 2.70. The van der Waals surface area contributed by atoms with Gasteiger partial charge in [-0.05, 0) is 19.3 Å². The van der Waals surface area contributed by atoms with Crippen LogP contribution in [0, 0.1) is 12.8 Å². The van der Waals surface area contributed by atoms with Crippen molar-refractivity contribution in [3.63, 3.8) is 0 Å². The summed E-state index contributed by atoms with van der Waals surface area (Å²) in [5.41, 5.74) is 6.34. The van der Waals surface area contributed by atoms with Crippen molar-refractivity contribution in [1.82, 2.24) is 9.46 Å². The number of aryl methyl sites for hydroxylation is 1. The molecule has 2 N–H and O–H groups in total. The van der Waals surface area contributed by atoms with Crippen molar-refractivity contribution in [3.05, 3.63) is 17.5 Å². The highest BCUT2D eigenvalue weighted by Crippen LogP contribution is 2.11. The molecule has 0 amide bonds. The second-order valence-electron chi connectivity index (χ2n) is 5.20. The minimum absolute atomic E-state index is 0.00643. The molecule has 0 saturated carbocycles. The Hall–Kier alpha value is -0.920. The monoisotopic (exact) mass is 289 g/mol. The molecule has 1 heterocycles. The Kier molecular flexibility index (Phi) is 5.51. The number of rotatable bonds is 7. The minimum atomic E-state index is -3.37. The van der Waals surface area contributed by atoms with Crippen LogP contribution in [0.4, 0.5) is 0 Å². The molecule has 1 atom stereocenters. The van der Waals surface area contributed by atoms with Gasteiger partial charge in [0.25, 0.3) is 0 Å². The van der Waals surface area contributed by atoms with E-state index in [4.69, 9.17) is 10.3 Å². The van der Waals surface area contributed by atoms with Crippen LogP contribution >= 0.6 is 0 Å². The Morgan fingerprint density at radius 2 is 2.11 bits per heavy atom. The van der Waals surface area contributed by atoms with E-state index in [1.807, 2.05) is 13.8 Å². The zero-order valence-corrected chi connectivity index (χ0v) is 12.8. The quantitative estimate of drug-likeness (QED) is 0.812. The predicted molar refractivity (Wildman–Crippen MR) is 73.9 cm³/mol. The van der Waals surface area contributed by atoms with Crippen LogP contribution in [0.1, 0.15) is 31.7 Å². The largest absolute Gasteiger partial charge is 0.361 e. The van der Waals surface area contributed by atoms with E-state index < -0.39 is 10.0 Å². The lowest BCUT2D eigenvalue weighted by atomic mass is 10.0. The summed E-state index contributed by atoms with van der Waals surface area (Å²) in [6.07, 6.45) is 0.644. The Labute approximate surface area is 115 Å². The van der Waals surface area contributed by atoms with Gasteiger partial charge < -0.3 is 10.3 Å². The SMILES string of the molecule is Cc1cc(CS(=O)(=O)N(C)CCC(N)C(C)C)no1. The highest BCUT2D eigenvalue weighted by Gasteiger charge is 2.21. The molecule has 0 aliphatic heterocycles. The first-order valence-corrected chi connectivity index (χ1v) is 7.95. The molecule has 0 spiro atoms. The molecule has 1 unspecified atom stereocenters. The van der Waals surface area contributed by atoms with Crippen molar-refractivity contribution in [2.24, 2.45) is 11.7 Å². The van der Waals surface area contributed by atoms with Crippen LogP contribution < -0.4 is 5.73 Å². The molecule has 0 saturated heterocycles. The van der Waals surface area contributed by atoms with Gasteiger partial charge in [0.15, 0.2) is 0 Å². The first-order chi connectivity index (χ1) is 8.72. The summed E-state index contributed by atoms with van der Waals surface area (Å²) in [6, 6.07) is 1.64. The summed E-state index contributed by atoms with van der Waals surface area (Å²) < 4.78 is 30.4. The van der Waals surface area contributed by atoms with Crippen LogP contribution in [0.5, 0.6) is 0 Å².